The Bertz CT molecular complexity index is 239. The summed E-state index contributed by atoms with van der Waals surface area (Å²) in [6.45, 7) is 10.3. The molecule has 0 N–H and O–H groups in total. The van der Waals surface area contributed by atoms with E-state index in [0.717, 1.165) is 6.42 Å². The summed E-state index contributed by atoms with van der Waals surface area (Å²) in [6, 6.07) is 0. The molecule has 0 bridgehead atoms. The molecule has 0 saturated heterocycles. The summed E-state index contributed by atoms with van der Waals surface area (Å²) in [5.74, 6) is 0. The molecule has 0 saturated carbocycles. The van der Waals surface area contributed by atoms with Crippen LogP contribution in [0.1, 0.15) is 72.1 Å². The lowest BCUT2D eigenvalue weighted by molar-refractivity contribution is 0.613. The van der Waals surface area contributed by atoms with Crippen molar-refractivity contribution in [3.63, 3.8) is 0 Å². The fourth-order valence-electron chi connectivity index (χ4n) is 1.97. The van der Waals surface area contributed by atoms with Crippen molar-refractivity contribution in [1.82, 2.24) is 0 Å². The third kappa shape index (κ3) is 11.5. The van der Waals surface area contributed by atoms with Crippen molar-refractivity contribution < 1.29 is 0 Å². The van der Waals surface area contributed by atoms with Crippen LogP contribution in [0.3, 0.4) is 0 Å². The molecule has 0 rings (SSSR count). The maximum Gasteiger partial charge on any atom is -0.0142 e. The first-order valence-corrected chi connectivity index (χ1v) is 7.09. The lowest BCUT2D eigenvalue weighted by Crippen LogP contribution is -1.84. The Morgan fingerprint density at radius 2 is 1.65 bits per heavy atom. The van der Waals surface area contributed by atoms with Crippen LogP contribution in [0.5, 0.6) is 0 Å². The number of hydrogen-bond acceptors (Lipinski definition) is 0. The van der Waals surface area contributed by atoms with E-state index in [2.05, 4.69) is 39.5 Å². The van der Waals surface area contributed by atoms with E-state index < -0.39 is 0 Å². The summed E-state index contributed by atoms with van der Waals surface area (Å²) < 4.78 is 0. The number of unbranched alkanes of at least 4 members (excludes halogenated alkanes) is 5. The van der Waals surface area contributed by atoms with Crippen LogP contribution in [0, 0.1) is 0 Å². The molecule has 0 atom stereocenters. The minimum absolute atomic E-state index is 1.07. The molecule has 0 aromatic rings. The van der Waals surface area contributed by atoms with Crippen LogP contribution in [0.2, 0.25) is 0 Å². The highest BCUT2D eigenvalue weighted by Gasteiger charge is 1.95. The predicted octanol–water partition coefficient (Wildman–Crippen LogP) is 6.21. The zero-order valence-electron chi connectivity index (χ0n) is 12.1. The second-order valence-corrected chi connectivity index (χ2v) is 5.03. The molecule has 98 valence electrons. The molecule has 0 heterocycles. The van der Waals surface area contributed by atoms with Crippen LogP contribution in [0.25, 0.3) is 0 Å². The number of allylic oxidation sites excluding steroid dienone is 5. The van der Waals surface area contributed by atoms with Crippen molar-refractivity contribution in [1.29, 1.82) is 0 Å². The van der Waals surface area contributed by atoms with Crippen molar-refractivity contribution in [2.75, 3.05) is 0 Å². The minimum atomic E-state index is 1.07. The van der Waals surface area contributed by atoms with Crippen molar-refractivity contribution in [2.24, 2.45) is 0 Å². The van der Waals surface area contributed by atoms with E-state index in [-0.39, 0.29) is 0 Å². The third-order valence-electron chi connectivity index (χ3n) is 3.07. The first-order valence-electron chi connectivity index (χ1n) is 7.09. The van der Waals surface area contributed by atoms with Gasteiger partial charge in [0.2, 0.25) is 0 Å². The van der Waals surface area contributed by atoms with Gasteiger partial charge < -0.3 is 0 Å². The smallest absolute Gasteiger partial charge is 0.0142 e. The monoisotopic (exact) mass is 234 g/mol. The van der Waals surface area contributed by atoms with Crippen LogP contribution >= 0.6 is 0 Å². The quantitative estimate of drug-likeness (QED) is 0.311. The van der Waals surface area contributed by atoms with Gasteiger partial charge in [0.05, 0.1) is 0 Å². The molecular weight excluding hydrogens is 204 g/mol. The molecule has 0 aliphatic rings. The van der Waals surface area contributed by atoms with E-state index in [0.29, 0.717) is 0 Å². The average molecular weight is 234 g/mol. The van der Waals surface area contributed by atoms with Gasteiger partial charge in [0, 0.05) is 0 Å². The van der Waals surface area contributed by atoms with Gasteiger partial charge in [-0.05, 0) is 52.9 Å². The molecule has 0 aliphatic carbocycles. The van der Waals surface area contributed by atoms with E-state index in [9.17, 15) is 0 Å². The summed E-state index contributed by atoms with van der Waals surface area (Å²) in [5, 5.41) is 0. The Labute approximate surface area is 109 Å². The molecule has 0 aliphatic heterocycles. The van der Waals surface area contributed by atoms with Gasteiger partial charge in [-0.15, -0.1) is 6.58 Å². The van der Waals surface area contributed by atoms with Gasteiger partial charge in [-0.25, -0.2) is 0 Å². The van der Waals surface area contributed by atoms with Gasteiger partial charge in [0.15, 0.2) is 0 Å². The highest BCUT2D eigenvalue weighted by atomic mass is 14.0. The maximum absolute atomic E-state index is 3.79. The average Bonchev–Trinajstić information content (AvgIpc) is 2.30. The summed E-state index contributed by atoms with van der Waals surface area (Å²) in [4.78, 5) is 0. The summed E-state index contributed by atoms with van der Waals surface area (Å²) in [6.07, 6.45) is 17.0. The molecule has 0 radical (unpaired) electrons. The van der Waals surface area contributed by atoms with Gasteiger partial charge in [0.1, 0.15) is 0 Å². The first kappa shape index (κ1) is 16.2. The Balaban J connectivity index is 3.34. The summed E-state index contributed by atoms with van der Waals surface area (Å²) in [7, 11) is 0. The van der Waals surface area contributed by atoms with E-state index in [1.54, 1.807) is 5.57 Å². The van der Waals surface area contributed by atoms with Gasteiger partial charge >= 0.3 is 0 Å². The first-order chi connectivity index (χ1) is 8.20. The highest BCUT2D eigenvalue weighted by molar-refractivity contribution is 5.04. The summed E-state index contributed by atoms with van der Waals surface area (Å²) >= 11 is 0. The Morgan fingerprint density at radius 3 is 2.24 bits per heavy atom. The van der Waals surface area contributed by atoms with Gasteiger partial charge in [-0.3, -0.25) is 0 Å². The Morgan fingerprint density at radius 1 is 1.00 bits per heavy atom. The van der Waals surface area contributed by atoms with E-state index in [4.69, 9.17) is 0 Å². The second-order valence-electron chi connectivity index (χ2n) is 5.03. The highest BCUT2D eigenvalue weighted by Crippen LogP contribution is 2.14. The zero-order chi connectivity index (χ0) is 12.9. The SMILES string of the molecule is C=CCC(=CC)CCCCCCCC=C(C)C. The zero-order valence-corrected chi connectivity index (χ0v) is 12.1. The molecule has 0 amide bonds. The molecule has 17 heavy (non-hydrogen) atoms. The normalized spacial score (nSPS) is 11.4. The van der Waals surface area contributed by atoms with Gasteiger partial charge in [0.25, 0.3) is 0 Å². The lowest BCUT2D eigenvalue weighted by atomic mass is 10.0. The lowest BCUT2D eigenvalue weighted by Gasteiger charge is -2.04. The molecular formula is C17H30. The van der Waals surface area contributed by atoms with Crippen LogP contribution in [-0.4, -0.2) is 0 Å². The molecule has 0 nitrogen and oxygen atoms in total. The maximum atomic E-state index is 3.79. The molecule has 0 spiro atoms. The van der Waals surface area contributed by atoms with Crippen LogP contribution in [0.4, 0.5) is 0 Å². The fourth-order valence-corrected chi connectivity index (χ4v) is 1.97. The van der Waals surface area contributed by atoms with Crippen LogP contribution < -0.4 is 0 Å². The third-order valence-corrected chi connectivity index (χ3v) is 3.07. The van der Waals surface area contributed by atoms with E-state index in [1.807, 2.05) is 6.08 Å². The van der Waals surface area contributed by atoms with Crippen molar-refractivity contribution in [3.05, 3.63) is 36.0 Å². The van der Waals surface area contributed by atoms with Crippen LogP contribution in [0.15, 0.2) is 36.0 Å². The van der Waals surface area contributed by atoms with Gasteiger partial charge in [-0.2, -0.15) is 0 Å². The molecule has 0 fully saturated rings. The van der Waals surface area contributed by atoms with Crippen LogP contribution in [-0.2, 0) is 0 Å². The van der Waals surface area contributed by atoms with Gasteiger partial charge in [-0.1, -0.05) is 48.6 Å². The fraction of sp³-hybridized carbons (Fsp3) is 0.647. The Kier molecular flexibility index (Phi) is 11.2. The molecule has 0 aromatic heterocycles. The predicted molar refractivity (Wildman–Crippen MR) is 80.3 cm³/mol. The standard InChI is InChI=1S/C17H30/c1-5-13-17(6-2)15-12-10-8-7-9-11-14-16(3)4/h5-6,14H,1,7-13,15H2,2-4H3. The van der Waals surface area contributed by atoms with E-state index in [1.165, 1.54) is 50.5 Å². The summed E-state index contributed by atoms with van der Waals surface area (Å²) in [5.41, 5.74) is 3.00. The molecule has 0 aromatic carbocycles. The largest absolute Gasteiger partial charge is 0.103 e. The molecule has 0 unspecified atom stereocenters. The van der Waals surface area contributed by atoms with Crippen molar-refractivity contribution >= 4 is 0 Å². The molecule has 0 heteroatoms. The Hall–Kier alpha value is -0.780. The number of rotatable bonds is 10. The number of hydrogen-bond donors (Lipinski definition) is 0. The topological polar surface area (TPSA) is 0 Å². The minimum Gasteiger partial charge on any atom is -0.103 e. The van der Waals surface area contributed by atoms with Crippen molar-refractivity contribution in [2.45, 2.75) is 72.1 Å². The van der Waals surface area contributed by atoms with E-state index >= 15 is 0 Å². The van der Waals surface area contributed by atoms with Crippen molar-refractivity contribution in [3.8, 4) is 0 Å². The second kappa shape index (κ2) is 11.7.